The lowest BCUT2D eigenvalue weighted by atomic mass is 9.98. The fourth-order valence-corrected chi connectivity index (χ4v) is 5.41. The van der Waals surface area contributed by atoms with Crippen molar-refractivity contribution in [1.29, 1.82) is 0 Å². The molecule has 1 aliphatic heterocycles. The van der Waals surface area contributed by atoms with Crippen molar-refractivity contribution in [3.63, 3.8) is 0 Å². The molecule has 0 saturated carbocycles. The monoisotopic (exact) mass is 592 g/mol. The lowest BCUT2D eigenvalue weighted by Crippen LogP contribution is -2.46. The van der Waals surface area contributed by atoms with Crippen molar-refractivity contribution in [1.82, 2.24) is 10.2 Å². The first kappa shape index (κ1) is 35.8. The summed E-state index contributed by atoms with van der Waals surface area (Å²) in [4.78, 5) is 12.0. The molecule has 0 aliphatic carbocycles. The normalized spacial score (nSPS) is 16.6. The number of halogens is 3. The Kier molecular flexibility index (Phi) is 18.5. The van der Waals surface area contributed by atoms with Gasteiger partial charge >= 0.3 is 0 Å². The van der Waals surface area contributed by atoms with Crippen LogP contribution in [0.4, 0.5) is 8.78 Å². The van der Waals surface area contributed by atoms with Gasteiger partial charge in [0.2, 0.25) is 0 Å². The third-order valence-corrected chi connectivity index (χ3v) is 7.97. The Bertz CT molecular complexity index is 1030. The van der Waals surface area contributed by atoms with Gasteiger partial charge in [0.15, 0.2) is 0 Å². The van der Waals surface area contributed by atoms with Crippen LogP contribution in [0.1, 0.15) is 53.9 Å². The Labute approximate surface area is 250 Å². The highest BCUT2D eigenvalue weighted by molar-refractivity contribution is 8.03. The van der Waals surface area contributed by atoms with Crippen LogP contribution in [0.2, 0.25) is 5.02 Å². The van der Waals surface area contributed by atoms with Gasteiger partial charge < -0.3 is 10.2 Å². The van der Waals surface area contributed by atoms with Crippen molar-refractivity contribution >= 4 is 34.9 Å². The van der Waals surface area contributed by atoms with Crippen molar-refractivity contribution in [2.24, 2.45) is 15.9 Å². The zero-order valence-corrected chi connectivity index (χ0v) is 26.5. The number of hydrogen-bond donors (Lipinski definition) is 1. The molecule has 1 heterocycles. The van der Waals surface area contributed by atoms with E-state index in [1.54, 1.807) is 26.1 Å². The van der Waals surface area contributed by atoms with Crippen molar-refractivity contribution < 1.29 is 8.78 Å². The summed E-state index contributed by atoms with van der Waals surface area (Å²) in [6, 6.07) is 5.82. The summed E-state index contributed by atoms with van der Waals surface area (Å²) in [6.45, 7) is 17.3. The van der Waals surface area contributed by atoms with Crippen LogP contribution in [-0.2, 0) is 0 Å². The third-order valence-electron chi connectivity index (χ3n) is 6.34. The number of allylic oxidation sites excluding steroid dienone is 4. The number of thioether (sulfide) groups is 1. The molecular weight excluding hydrogens is 546 g/mol. The number of nitrogens with zero attached hydrogens (tertiary/aromatic N) is 3. The number of hydrogen-bond acceptors (Lipinski definition) is 5. The van der Waals surface area contributed by atoms with Gasteiger partial charge in [-0.15, -0.1) is 18.3 Å². The number of aliphatic imine (C=N–C) groups is 2. The summed E-state index contributed by atoms with van der Waals surface area (Å²) in [6.07, 6.45) is 9.35. The maximum absolute atomic E-state index is 13.3. The van der Waals surface area contributed by atoms with Gasteiger partial charge in [0.25, 0.3) is 0 Å². The van der Waals surface area contributed by atoms with Crippen LogP contribution in [0.3, 0.4) is 0 Å². The fourth-order valence-electron chi connectivity index (χ4n) is 4.12. The van der Waals surface area contributed by atoms with E-state index in [2.05, 4.69) is 61.0 Å². The number of alkyl halides is 1. The van der Waals surface area contributed by atoms with Crippen LogP contribution < -0.4 is 5.32 Å². The molecule has 40 heavy (non-hydrogen) atoms. The average molecular weight is 593 g/mol. The molecule has 0 radical (unpaired) electrons. The van der Waals surface area contributed by atoms with Crippen LogP contribution in [0.25, 0.3) is 0 Å². The molecule has 3 atom stereocenters. The molecule has 8 heteroatoms. The predicted molar refractivity (Wildman–Crippen MR) is 174 cm³/mol. The van der Waals surface area contributed by atoms with E-state index >= 15 is 0 Å². The topological polar surface area (TPSA) is 40.0 Å². The molecule has 0 spiro atoms. The van der Waals surface area contributed by atoms with Crippen molar-refractivity contribution in [3.05, 3.63) is 82.7 Å². The van der Waals surface area contributed by atoms with Gasteiger partial charge in [-0.05, 0) is 62.3 Å². The highest BCUT2D eigenvalue weighted by atomic mass is 35.5. The first-order valence-corrected chi connectivity index (χ1v) is 15.4. The average Bonchev–Trinajstić information content (AvgIpc) is 2.93. The Hall–Kier alpha value is -2.22. The van der Waals surface area contributed by atoms with E-state index in [1.165, 1.54) is 17.8 Å². The van der Waals surface area contributed by atoms with Crippen LogP contribution in [-0.4, -0.2) is 61.1 Å². The molecule has 1 aliphatic rings. The number of rotatable bonds is 15. The third kappa shape index (κ3) is 12.5. The summed E-state index contributed by atoms with van der Waals surface area (Å²) in [5, 5.41) is 6.34. The van der Waals surface area contributed by atoms with E-state index in [-0.39, 0.29) is 5.82 Å². The van der Waals surface area contributed by atoms with Crippen molar-refractivity contribution in [3.8, 4) is 0 Å². The summed E-state index contributed by atoms with van der Waals surface area (Å²) in [5.74, 6) is 1.36. The van der Waals surface area contributed by atoms with Crippen LogP contribution in [0.15, 0.2) is 81.8 Å². The first-order valence-electron chi connectivity index (χ1n) is 14.0. The molecule has 1 aromatic rings. The number of benzene rings is 1. The molecule has 1 N–H and O–H groups in total. The Morgan fingerprint density at radius 1 is 1.32 bits per heavy atom. The van der Waals surface area contributed by atoms with Gasteiger partial charge in [-0.3, -0.25) is 9.98 Å². The zero-order valence-electron chi connectivity index (χ0n) is 25.0. The maximum atomic E-state index is 13.3. The lowest BCUT2D eigenvalue weighted by molar-refractivity contribution is 0.365. The van der Waals surface area contributed by atoms with Gasteiger partial charge in [-0.25, -0.2) is 8.78 Å². The largest absolute Gasteiger partial charge is 0.331 e. The fraction of sp³-hybridized carbons (Fsp3) is 0.500. The second kappa shape index (κ2) is 20.6. The molecule has 1 aromatic carbocycles. The van der Waals surface area contributed by atoms with E-state index < -0.39 is 6.17 Å². The molecule has 0 amide bonds. The Balaban J connectivity index is 0.000000850. The van der Waals surface area contributed by atoms with Gasteiger partial charge in [-0.2, -0.15) is 0 Å². The molecule has 0 bridgehead atoms. The lowest BCUT2D eigenvalue weighted by Gasteiger charge is -2.38. The highest BCUT2D eigenvalue weighted by Gasteiger charge is 2.32. The summed E-state index contributed by atoms with van der Waals surface area (Å²) in [5.41, 5.74) is 3.31. The standard InChI is InChI=1S/C26H43FN4S.C6H4ClF/c1-8-15-29-16-17-31-24(11-4)22(23(28-7)14-12-13-21(6)27)19-30-26(31)25(20(5)10-3)32-18-9-2;7-5-2-1-3-6(8)4-5/h8-9,12,14,18,20-21,25,29H,1,10-11,13,15-17,19H2,2-7H3;1-4H/b14-12-,18-9-,28-23?;. The number of nitrogens with one attached hydrogen (secondary N) is 1. The van der Waals surface area contributed by atoms with E-state index in [0.717, 1.165) is 49.6 Å². The minimum absolute atomic E-state index is 0.294. The first-order chi connectivity index (χ1) is 19.2. The summed E-state index contributed by atoms with van der Waals surface area (Å²) >= 11 is 7.26. The quantitative estimate of drug-likeness (QED) is 0.126. The molecule has 0 fully saturated rings. The molecule has 0 aromatic heterocycles. The van der Waals surface area contributed by atoms with Crippen molar-refractivity contribution in [2.75, 3.05) is 33.2 Å². The summed E-state index contributed by atoms with van der Waals surface area (Å²) < 4.78 is 25.4. The SMILES string of the molecule is C=CCNCCN1C(C(S/C=C\C)C(C)CC)=NCC(C(/C=C\CC(C)F)=NC)=C1CC.Fc1cccc(Cl)c1. The molecule has 3 unspecified atom stereocenters. The minimum Gasteiger partial charge on any atom is -0.331 e. The molecule has 4 nitrogen and oxygen atoms in total. The zero-order chi connectivity index (χ0) is 29.9. The highest BCUT2D eigenvalue weighted by Crippen LogP contribution is 2.32. The molecule has 2 rings (SSSR count). The van der Waals surface area contributed by atoms with Crippen molar-refractivity contribution in [2.45, 2.75) is 65.3 Å². The van der Waals surface area contributed by atoms with E-state index in [1.807, 2.05) is 30.0 Å². The molecule has 0 saturated heterocycles. The summed E-state index contributed by atoms with van der Waals surface area (Å²) in [7, 11) is 1.80. The maximum Gasteiger partial charge on any atom is 0.124 e. The van der Waals surface area contributed by atoms with Crippen LogP contribution >= 0.6 is 23.4 Å². The second-order valence-electron chi connectivity index (χ2n) is 9.48. The van der Waals surface area contributed by atoms with E-state index in [0.29, 0.717) is 29.2 Å². The van der Waals surface area contributed by atoms with E-state index in [4.69, 9.17) is 16.6 Å². The van der Waals surface area contributed by atoms with Crippen LogP contribution in [0.5, 0.6) is 0 Å². The van der Waals surface area contributed by atoms with Gasteiger partial charge in [0, 0.05) is 43.0 Å². The molecular formula is C32H47ClF2N4S. The second-order valence-corrected chi connectivity index (χ2v) is 11.0. The Morgan fingerprint density at radius 2 is 2.08 bits per heavy atom. The minimum atomic E-state index is -0.854. The van der Waals surface area contributed by atoms with E-state index in [9.17, 15) is 8.78 Å². The van der Waals surface area contributed by atoms with Gasteiger partial charge in [0.05, 0.1) is 17.5 Å². The molecule has 222 valence electrons. The predicted octanol–water partition coefficient (Wildman–Crippen LogP) is 8.68. The number of amidine groups is 1. The van der Waals surface area contributed by atoms with Gasteiger partial charge in [-0.1, -0.05) is 63.1 Å². The smallest absolute Gasteiger partial charge is 0.124 e. The van der Waals surface area contributed by atoms with Crippen LogP contribution in [0, 0.1) is 11.7 Å². The Morgan fingerprint density at radius 3 is 2.60 bits per heavy atom. The van der Waals surface area contributed by atoms with Gasteiger partial charge in [0.1, 0.15) is 17.8 Å².